The SMILES string of the molecule is Cc1c(-c2cccc[n+]2C)cc2c(oc3cccc(C#N)c32)c1F. The summed E-state index contributed by atoms with van der Waals surface area (Å²) in [4.78, 5) is 0. The summed E-state index contributed by atoms with van der Waals surface area (Å²) in [6.07, 6.45) is 1.92. The van der Waals surface area contributed by atoms with E-state index in [1.807, 2.05) is 42.1 Å². The molecule has 3 nitrogen and oxygen atoms in total. The van der Waals surface area contributed by atoms with Crippen molar-refractivity contribution in [1.82, 2.24) is 0 Å². The highest BCUT2D eigenvalue weighted by atomic mass is 19.1. The number of fused-ring (bicyclic) bond motifs is 3. The lowest BCUT2D eigenvalue weighted by Gasteiger charge is -2.06. The molecule has 0 spiro atoms. The summed E-state index contributed by atoms with van der Waals surface area (Å²) in [6.45, 7) is 1.75. The first kappa shape index (κ1) is 14.4. The summed E-state index contributed by atoms with van der Waals surface area (Å²) in [7, 11) is 1.92. The number of nitrogens with zero attached hydrogens (tertiary/aromatic N) is 2. The third kappa shape index (κ3) is 1.92. The van der Waals surface area contributed by atoms with Crippen LogP contribution in [0.4, 0.5) is 4.39 Å². The predicted molar refractivity (Wildman–Crippen MR) is 89.7 cm³/mol. The summed E-state index contributed by atoms with van der Waals surface area (Å²) < 4.78 is 22.6. The van der Waals surface area contributed by atoms with Crippen molar-refractivity contribution in [3.8, 4) is 17.3 Å². The van der Waals surface area contributed by atoms with Gasteiger partial charge in [0.05, 0.1) is 17.2 Å². The van der Waals surface area contributed by atoms with E-state index >= 15 is 0 Å². The zero-order chi connectivity index (χ0) is 16.8. The lowest BCUT2D eigenvalue weighted by Crippen LogP contribution is -2.30. The highest BCUT2D eigenvalue weighted by molar-refractivity contribution is 6.09. The fraction of sp³-hybridized carbons (Fsp3) is 0.100. The lowest BCUT2D eigenvalue weighted by atomic mass is 9.99. The fourth-order valence-electron chi connectivity index (χ4n) is 3.18. The minimum absolute atomic E-state index is 0.201. The first-order chi connectivity index (χ1) is 11.6. The fourth-order valence-corrected chi connectivity index (χ4v) is 3.18. The van der Waals surface area contributed by atoms with E-state index in [0.717, 1.165) is 11.3 Å². The van der Waals surface area contributed by atoms with Crippen LogP contribution >= 0.6 is 0 Å². The maximum Gasteiger partial charge on any atom is 0.212 e. The van der Waals surface area contributed by atoms with Crippen LogP contribution in [0.1, 0.15) is 11.1 Å². The number of rotatable bonds is 1. The smallest absolute Gasteiger partial charge is 0.212 e. The number of hydrogen-bond donors (Lipinski definition) is 0. The number of aromatic nitrogens is 1. The zero-order valence-corrected chi connectivity index (χ0v) is 13.3. The molecule has 0 N–H and O–H groups in total. The minimum atomic E-state index is -0.383. The van der Waals surface area contributed by atoms with Crippen LogP contribution in [0, 0.1) is 24.1 Å². The van der Waals surface area contributed by atoms with Gasteiger partial charge in [-0.05, 0) is 31.2 Å². The second kappa shape index (κ2) is 5.17. The molecule has 0 aliphatic rings. The van der Waals surface area contributed by atoms with Gasteiger partial charge in [0.15, 0.2) is 17.6 Å². The van der Waals surface area contributed by atoms with Crippen LogP contribution in [-0.4, -0.2) is 0 Å². The van der Waals surface area contributed by atoms with Crippen LogP contribution in [0.25, 0.3) is 33.2 Å². The van der Waals surface area contributed by atoms with Gasteiger partial charge < -0.3 is 4.42 Å². The number of hydrogen-bond acceptors (Lipinski definition) is 2. The van der Waals surface area contributed by atoms with Crippen molar-refractivity contribution in [2.24, 2.45) is 7.05 Å². The number of halogens is 1. The van der Waals surface area contributed by atoms with Crippen LogP contribution in [0.3, 0.4) is 0 Å². The van der Waals surface area contributed by atoms with Crippen LogP contribution in [0.15, 0.2) is 53.1 Å². The number of nitriles is 1. The van der Waals surface area contributed by atoms with Gasteiger partial charge in [0.2, 0.25) is 5.69 Å². The second-order valence-electron chi connectivity index (χ2n) is 5.83. The maximum absolute atomic E-state index is 15.0. The molecule has 0 atom stereocenters. The van der Waals surface area contributed by atoms with E-state index < -0.39 is 0 Å². The average Bonchev–Trinajstić information content (AvgIpc) is 2.97. The minimum Gasteiger partial charge on any atom is -0.453 e. The third-order valence-corrected chi connectivity index (χ3v) is 4.42. The van der Waals surface area contributed by atoms with Crippen molar-refractivity contribution in [2.75, 3.05) is 0 Å². The monoisotopic (exact) mass is 317 g/mol. The van der Waals surface area contributed by atoms with Crippen LogP contribution in [0.5, 0.6) is 0 Å². The van der Waals surface area contributed by atoms with E-state index in [9.17, 15) is 9.65 Å². The molecule has 0 saturated carbocycles. The molecule has 0 amide bonds. The van der Waals surface area contributed by atoms with Crippen molar-refractivity contribution < 1.29 is 13.4 Å². The molecule has 0 aliphatic carbocycles. The topological polar surface area (TPSA) is 40.8 Å². The summed E-state index contributed by atoms with van der Waals surface area (Å²) in [5.41, 5.74) is 3.43. The number of furan rings is 1. The largest absolute Gasteiger partial charge is 0.453 e. The van der Waals surface area contributed by atoms with E-state index in [4.69, 9.17) is 4.42 Å². The number of aryl methyl sites for hydroxylation is 1. The third-order valence-electron chi connectivity index (χ3n) is 4.42. The quantitative estimate of drug-likeness (QED) is 0.488. The summed E-state index contributed by atoms with van der Waals surface area (Å²) in [5, 5.41) is 10.7. The molecule has 4 rings (SSSR count). The molecule has 2 heterocycles. The Balaban J connectivity index is 2.18. The van der Waals surface area contributed by atoms with Crippen molar-refractivity contribution in [3.05, 3.63) is 65.6 Å². The number of benzene rings is 2. The molecular formula is C20H14FN2O+. The molecule has 4 heteroatoms. The molecule has 0 saturated heterocycles. The summed E-state index contributed by atoms with van der Waals surface area (Å²) >= 11 is 0. The van der Waals surface area contributed by atoms with Crippen molar-refractivity contribution in [2.45, 2.75) is 6.92 Å². The van der Waals surface area contributed by atoms with Crippen LogP contribution in [0.2, 0.25) is 0 Å². The molecule has 2 aromatic carbocycles. The van der Waals surface area contributed by atoms with Gasteiger partial charge in [-0.2, -0.15) is 5.26 Å². The highest BCUT2D eigenvalue weighted by Crippen LogP contribution is 2.37. The van der Waals surface area contributed by atoms with Gasteiger partial charge in [-0.1, -0.05) is 6.07 Å². The Kier molecular flexibility index (Phi) is 3.10. The van der Waals surface area contributed by atoms with Crippen molar-refractivity contribution >= 4 is 21.9 Å². The highest BCUT2D eigenvalue weighted by Gasteiger charge is 2.22. The molecule has 4 aromatic rings. The molecule has 0 fully saturated rings. The van der Waals surface area contributed by atoms with E-state index in [2.05, 4.69) is 6.07 Å². The van der Waals surface area contributed by atoms with Gasteiger partial charge in [-0.15, -0.1) is 0 Å². The molecule has 116 valence electrons. The van der Waals surface area contributed by atoms with Crippen LogP contribution < -0.4 is 4.57 Å². The van der Waals surface area contributed by atoms with Gasteiger partial charge in [-0.25, -0.2) is 8.96 Å². The van der Waals surface area contributed by atoms with Crippen LogP contribution in [-0.2, 0) is 7.05 Å². The average molecular weight is 317 g/mol. The lowest BCUT2D eigenvalue weighted by molar-refractivity contribution is -0.660. The van der Waals surface area contributed by atoms with Gasteiger partial charge in [0.25, 0.3) is 0 Å². The first-order valence-electron chi connectivity index (χ1n) is 7.61. The normalized spacial score (nSPS) is 11.1. The molecule has 0 unspecified atom stereocenters. The van der Waals surface area contributed by atoms with Crippen molar-refractivity contribution in [1.29, 1.82) is 5.26 Å². The molecule has 24 heavy (non-hydrogen) atoms. The Morgan fingerprint density at radius 2 is 2.00 bits per heavy atom. The standard InChI is InChI=1S/C20H14FN2O/c1-12-14(16-7-3-4-9-23(16)2)10-15-18-13(11-22)6-5-8-17(18)24-20(15)19(12)21/h3-10H,1-2H3/q+1. The Morgan fingerprint density at radius 3 is 2.75 bits per heavy atom. The second-order valence-corrected chi connectivity index (χ2v) is 5.83. The zero-order valence-electron chi connectivity index (χ0n) is 13.3. The maximum atomic E-state index is 15.0. The molecular weight excluding hydrogens is 303 g/mol. The van der Waals surface area contributed by atoms with E-state index in [-0.39, 0.29) is 11.4 Å². The van der Waals surface area contributed by atoms with Crippen molar-refractivity contribution in [3.63, 3.8) is 0 Å². The number of pyridine rings is 1. The van der Waals surface area contributed by atoms with E-state index in [1.54, 1.807) is 25.1 Å². The van der Waals surface area contributed by atoms with E-state index in [0.29, 0.717) is 27.5 Å². The van der Waals surface area contributed by atoms with E-state index in [1.165, 1.54) is 0 Å². The van der Waals surface area contributed by atoms with Gasteiger partial charge in [0, 0.05) is 28.5 Å². The van der Waals surface area contributed by atoms with Gasteiger partial charge in [-0.3, -0.25) is 0 Å². The molecule has 0 radical (unpaired) electrons. The Labute approximate surface area is 138 Å². The first-order valence-corrected chi connectivity index (χ1v) is 7.61. The summed E-state index contributed by atoms with van der Waals surface area (Å²) in [5.74, 6) is -0.383. The predicted octanol–water partition coefficient (Wildman–Crippen LogP) is 4.40. The molecule has 0 aliphatic heterocycles. The van der Waals surface area contributed by atoms with Gasteiger partial charge >= 0.3 is 0 Å². The Hall–Kier alpha value is -3.19. The molecule has 0 bridgehead atoms. The summed E-state index contributed by atoms with van der Waals surface area (Å²) in [6, 6.07) is 15.1. The Bertz CT molecular complexity index is 1150. The Morgan fingerprint density at radius 1 is 1.17 bits per heavy atom. The van der Waals surface area contributed by atoms with Gasteiger partial charge in [0.1, 0.15) is 12.6 Å². The molecule has 2 aromatic heterocycles.